The lowest BCUT2D eigenvalue weighted by molar-refractivity contribution is -0.135. The van der Waals surface area contributed by atoms with Gasteiger partial charge in [-0.25, -0.2) is 0 Å². The molecule has 1 aromatic heterocycles. The second-order valence-electron chi connectivity index (χ2n) is 4.22. The van der Waals surface area contributed by atoms with Gasteiger partial charge in [-0.15, -0.1) is 11.3 Å². The summed E-state index contributed by atoms with van der Waals surface area (Å²) in [5.74, 6) is -0.0874. The van der Waals surface area contributed by atoms with E-state index in [4.69, 9.17) is 0 Å². The summed E-state index contributed by atoms with van der Waals surface area (Å²) in [7, 11) is 1.58. The molecule has 0 aliphatic rings. The van der Waals surface area contributed by atoms with Crippen LogP contribution in [0.4, 0.5) is 0 Å². The Morgan fingerprint density at radius 3 is 2.74 bits per heavy atom. The Hall–Kier alpha value is -0.880. The monoisotopic (exact) mass is 346 g/mol. The average Bonchev–Trinajstić information content (AvgIpc) is 2.81. The molecule has 0 radical (unpaired) electrons. The van der Waals surface area contributed by atoms with Crippen molar-refractivity contribution in [2.24, 2.45) is 0 Å². The molecule has 0 atom stereocenters. The minimum atomic E-state index is -0.124. The van der Waals surface area contributed by atoms with Crippen molar-refractivity contribution < 1.29 is 9.59 Å². The van der Waals surface area contributed by atoms with Crippen molar-refractivity contribution in [2.75, 3.05) is 20.1 Å². The lowest BCUT2D eigenvalue weighted by Gasteiger charge is -2.21. The van der Waals surface area contributed by atoms with Crippen molar-refractivity contribution in [1.29, 1.82) is 0 Å². The maximum atomic E-state index is 12.1. The highest BCUT2D eigenvalue weighted by atomic mass is 79.9. The van der Waals surface area contributed by atoms with Crippen molar-refractivity contribution >= 4 is 39.1 Å². The summed E-state index contributed by atoms with van der Waals surface area (Å²) in [4.78, 5) is 26.3. The molecule has 1 heterocycles. The van der Waals surface area contributed by atoms with Gasteiger partial charge in [-0.2, -0.15) is 0 Å². The fourth-order valence-electron chi connectivity index (χ4n) is 1.69. The van der Waals surface area contributed by atoms with Crippen LogP contribution in [0, 0.1) is 0 Å². The van der Waals surface area contributed by atoms with Crippen molar-refractivity contribution in [3.63, 3.8) is 0 Å². The van der Waals surface area contributed by atoms with Gasteiger partial charge in [-0.3, -0.25) is 9.59 Å². The topological polar surface area (TPSA) is 49.4 Å². The number of halogens is 1. The SMILES string of the molecule is CCCN(CC(=O)NC)C(=O)CCc1cc(Br)cs1. The van der Waals surface area contributed by atoms with E-state index in [0.29, 0.717) is 13.0 Å². The molecule has 0 aliphatic heterocycles. The van der Waals surface area contributed by atoms with Gasteiger partial charge in [0.15, 0.2) is 0 Å². The van der Waals surface area contributed by atoms with Gasteiger partial charge in [-0.1, -0.05) is 6.92 Å². The van der Waals surface area contributed by atoms with E-state index in [0.717, 1.165) is 17.3 Å². The highest BCUT2D eigenvalue weighted by Gasteiger charge is 2.15. The number of hydrogen-bond donors (Lipinski definition) is 1. The zero-order valence-corrected chi connectivity index (χ0v) is 13.6. The Labute approximate surface area is 126 Å². The van der Waals surface area contributed by atoms with E-state index < -0.39 is 0 Å². The molecule has 0 aromatic carbocycles. The molecule has 0 unspecified atom stereocenters. The van der Waals surface area contributed by atoms with Crippen LogP contribution < -0.4 is 5.32 Å². The van der Waals surface area contributed by atoms with E-state index in [-0.39, 0.29) is 18.4 Å². The number of hydrogen-bond acceptors (Lipinski definition) is 3. The molecule has 2 amide bonds. The molecular formula is C13H19BrN2O2S. The Bertz CT molecular complexity index is 434. The fraction of sp³-hybridized carbons (Fsp3) is 0.538. The van der Waals surface area contributed by atoms with Gasteiger partial charge in [-0.05, 0) is 34.8 Å². The van der Waals surface area contributed by atoms with E-state index in [9.17, 15) is 9.59 Å². The molecule has 0 saturated carbocycles. The summed E-state index contributed by atoms with van der Waals surface area (Å²) in [6.45, 7) is 2.78. The van der Waals surface area contributed by atoms with Crippen LogP contribution in [-0.4, -0.2) is 36.9 Å². The number of amides is 2. The van der Waals surface area contributed by atoms with Crippen LogP contribution in [0.25, 0.3) is 0 Å². The highest BCUT2D eigenvalue weighted by Crippen LogP contribution is 2.21. The van der Waals surface area contributed by atoms with Gasteiger partial charge in [0.25, 0.3) is 0 Å². The van der Waals surface area contributed by atoms with Crippen LogP contribution in [-0.2, 0) is 16.0 Å². The first kappa shape index (κ1) is 16.2. The lowest BCUT2D eigenvalue weighted by Crippen LogP contribution is -2.40. The lowest BCUT2D eigenvalue weighted by atomic mass is 10.2. The molecule has 0 aliphatic carbocycles. The maximum Gasteiger partial charge on any atom is 0.239 e. The third-order valence-corrected chi connectivity index (χ3v) is 4.42. The van der Waals surface area contributed by atoms with E-state index >= 15 is 0 Å². The predicted octanol–water partition coefficient (Wildman–Crippen LogP) is 2.43. The zero-order chi connectivity index (χ0) is 14.3. The molecule has 106 valence electrons. The third-order valence-electron chi connectivity index (χ3n) is 2.67. The summed E-state index contributed by atoms with van der Waals surface area (Å²) in [6, 6.07) is 2.03. The number of carbonyl (C=O) groups excluding carboxylic acids is 2. The molecule has 4 nitrogen and oxygen atoms in total. The number of rotatable bonds is 7. The first-order valence-corrected chi connectivity index (χ1v) is 7.95. The second kappa shape index (κ2) is 8.32. The van der Waals surface area contributed by atoms with Crippen molar-refractivity contribution in [2.45, 2.75) is 26.2 Å². The van der Waals surface area contributed by atoms with Gasteiger partial charge in [0.05, 0.1) is 6.54 Å². The molecule has 19 heavy (non-hydrogen) atoms. The zero-order valence-electron chi connectivity index (χ0n) is 11.2. The van der Waals surface area contributed by atoms with Gasteiger partial charge < -0.3 is 10.2 Å². The van der Waals surface area contributed by atoms with Crippen molar-refractivity contribution in [3.05, 3.63) is 20.8 Å². The van der Waals surface area contributed by atoms with Gasteiger partial charge in [0, 0.05) is 34.7 Å². The Balaban J connectivity index is 2.49. The first-order valence-electron chi connectivity index (χ1n) is 6.28. The third kappa shape index (κ3) is 5.74. The minimum Gasteiger partial charge on any atom is -0.358 e. The largest absolute Gasteiger partial charge is 0.358 e. The standard InChI is InChI=1S/C13H19BrN2O2S/c1-3-6-16(8-12(17)15-2)13(18)5-4-11-7-10(14)9-19-11/h7,9H,3-6,8H2,1-2H3,(H,15,17). The van der Waals surface area contributed by atoms with E-state index in [2.05, 4.69) is 21.2 Å². The summed E-state index contributed by atoms with van der Waals surface area (Å²) < 4.78 is 1.05. The normalized spacial score (nSPS) is 10.3. The average molecular weight is 347 g/mol. The molecule has 0 bridgehead atoms. The summed E-state index contributed by atoms with van der Waals surface area (Å²) in [5.41, 5.74) is 0. The molecule has 0 fully saturated rings. The summed E-state index contributed by atoms with van der Waals surface area (Å²) in [6.07, 6.45) is 2.03. The Morgan fingerprint density at radius 1 is 1.47 bits per heavy atom. The molecule has 6 heteroatoms. The molecule has 1 rings (SSSR count). The maximum absolute atomic E-state index is 12.1. The highest BCUT2D eigenvalue weighted by molar-refractivity contribution is 9.10. The molecule has 0 spiro atoms. The number of carbonyl (C=O) groups is 2. The number of likely N-dealkylation sites (N-methyl/N-ethyl adjacent to an activating group) is 1. The smallest absolute Gasteiger partial charge is 0.239 e. The second-order valence-corrected chi connectivity index (χ2v) is 6.13. The molecule has 1 N–H and O–H groups in total. The van der Waals surface area contributed by atoms with Crippen LogP contribution in [0.1, 0.15) is 24.6 Å². The predicted molar refractivity (Wildman–Crippen MR) is 81.3 cm³/mol. The number of thiophene rings is 1. The van der Waals surface area contributed by atoms with E-state index in [1.54, 1.807) is 23.3 Å². The van der Waals surface area contributed by atoms with Crippen LogP contribution >= 0.6 is 27.3 Å². The molecule has 0 saturated heterocycles. The summed E-state index contributed by atoms with van der Waals surface area (Å²) >= 11 is 5.04. The van der Waals surface area contributed by atoms with Crippen LogP contribution in [0.15, 0.2) is 15.9 Å². The van der Waals surface area contributed by atoms with Gasteiger partial charge in [0.1, 0.15) is 0 Å². The number of nitrogens with zero attached hydrogens (tertiary/aromatic N) is 1. The minimum absolute atomic E-state index is 0.0370. The Kier molecular flexibility index (Phi) is 7.09. The first-order chi connectivity index (χ1) is 9.06. The number of aryl methyl sites for hydroxylation is 1. The van der Waals surface area contributed by atoms with Crippen molar-refractivity contribution in [1.82, 2.24) is 10.2 Å². The van der Waals surface area contributed by atoms with Gasteiger partial charge >= 0.3 is 0 Å². The Morgan fingerprint density at radius 2 is 2.21 bits per heavy atom. The molecular weight excluding hydrogens is 328 g/mol. The van der Waals surface area contributed by atoms with E-state index in [1.165, 1.54) is 4.88 Å². The number of nitrogens with one attached hydrogen (secondary N) is 1. The van der Waals surface area contributed by atoms with Crippen molar-refractivity contribution in [3.8, 4) is 0 Å². The van der Waals surface area contributed by atoms with Crippen LogP contribution in [0.5, 0.6) is 0 Å². The van der Waals surface area contributed by atoms with E-state index in [1.807, 2.05) is 18.4 Å². The fourth-order valence-corrected chi connectivity index (χ4v) is 3.14. The molecule has 1 aromatic rings. The van der Waals surface area contributed by atoms with Crippen LogP contribution in [0.3, 0.4) is 0 Å². The van der Waals surface area contributed by atoms with Crippen LogP contribution in [0.2, 0.25) is 0 Å². The quantitative estimate of drug-likeness (QED) is 0.824. The van der Waals surface area contributed by atoms with Gasteiger partial charge in [0.2, 0.25) is 11.8 Å². The summed E-state index contributed by atoms with van der Waals surface area (Å²) in [5, 5.41) is 4.56.